The number of thioether (sulfide) groups is 1. The Morgan fingerprint density at radius 1 is 1.86 bits per heavy atom. The molecule has 0 aliphatic rings. The molecule has 0 aliphatic carbocycles. The van der Waals surface area contributed by atoms with Crippen LogP contribution in [0.5, 0.6) is 0 Å². The highest BCUT2D eigenvalue weighted by Crippen LogP contribution is 2.12. The molecule has 1 radical (unpaired) electrons. The molecule has 0 aliphatic heterocycles. The van der Waals surface area contributed by atoms with Gasteiger partial charge in [0.15, 0.2) is 5.09 Å². The van der Waals surface area contributed by atoms with E-state index in [0.717, 1.165) is 5.09 Å². The van der Waals surface area contributed by atoms with E-state index >= 15 is 0 Å². The molecule has 0 atom stereocenters. The Balaban J connectivity index is 2.76. The van der Waals surface area contributed by atoms with Crippen molar-refractivity contribution < 1.29 is 4.42 Å². The van der Waals surface area contributed by atoms with Crippen molar-refractivity contribution in [3.05, 3.63) is 18.4 Å². The molecule has 0 amide bonds. The van der Waals surface area contributed by atoms with Crippen LogP contribution in [-0.2, 0) is 0 Å². The Kier molecular flexibility index (Phi) is 1.42. The maximum absolute atomic E-state index is 4.89. The molecule has 0 fully saturated rings. The predicted molar refractivity (Wildman–Crippen MR) is 29.3 cm³/mol. The van der Waals surface area contributed by atoms with Crippen LogP contribution in [0.15, 0.2) is 21.8 Å². The molecule has 1 aromatic rings. The average molecular weight is 113 g/mol. The molecule has 1 rings (SSSR count). The first-order valence-electron chi connectivity index (χ1n) is 1.92. The maximum Gasteiger partial charge on any atom is 0.160 e. The first-order valence-corrected chi connectivity index (χ1v) is 3.14. The molecule has 0 bridgehead atoms. The Morgan fingerprint density at radius 2 is 2.71 bits per heavy atom. The monoisotopic (exact) mass is 113 g/mol. The van der Waals surface area contributed by atoms with E-state index in [-0.39, 0.29) is 0 Å². The van der Waals surface area contributed by atoms with Gasteiger partial charge in [-0.1, -0.05) is 11.8 Å². The summed E-state index contributed by atoms with van der Waals surface area (Å²) >= 11 is 1.58. The van der Waals surface area contributed by atoms with Crippen LogP contribution in [0.1, 0.15) is 0 Å². The van der Waals surface area contributed by atoms with E-state index in [2.05, 4.69) is 6.07 Å². The molecule has 0 aromatic carbocycles. The molecular weight excluding hydrogens is 108 g/mol. The lowest BCUT2D eigenvalue weighted by atomic mass is 10.7. The number of furan rings is 1. The second-order valence-corrected chi connectivity index (χ2v) is 1.88. The second-order valence-electron chi connectivity index (χ2n) is 1.07. The van der Waals surface area contributed by atoms with Crippen LogP contribution in [0.4, 0.5) is 0 Å². The van der Waals surface area contributed by atoms with E-state index in [1.54, 1.807) is 18.0 Å². The third kappa shape index (κ3) is 0.996. The molecule has 37 valence electrons. The van der Waals surface area contributed by atoms with Gasteiger partial charge in [0.1, 0.15) is 0 Å². The molecule has 1 aromatic heterocycles. The van der Waals surface area contributed by atoms with Gasteiger partial charge in [-0.2, -0.15) is 0 Å². The smallest absolute Gasteiger partial charge is 0.160 e. The van der Waals surface area contributed by atoms with E-state index in [4.69, 9.17) is 4.42 Å². The summed E-state index contributed by atoms with van der Waals surface area (Å²) in [7, 11) is 0. The molecule has 1 heterocycles. The summed E-state index contributed by atoms with van der Waals surface area (Å²) in [4.78, 5) is 0. The third-order valence-corrected chi connectivity index (χ3v) is 1.26. The van der Waals surface area contributed by atoms with Crippen LogP contribution in [0.25, 0.3) is 0 Å². The van der Waals surface area contributed by atoms with Gasteiger partial charge in [-0.05, 0) is 12.3 Å². The topological polar surface area (TPSA) is 13.1 Å². The molecule has 2 heteroatoms. The highest BCUT2D eigenvalue weighted by molar-refractivity contribution is 7.98. The van der Waals surface area contributed by atoms with Crippen molar-refractivity contribution in [3.63, 3.8) is 0 Å². The lowest BCUT2D eigenvalue weighted by Crippen LogP contribution is -1.50. The first kappa shape index (κ1) is 4.78. The summed E-state index contributed by atoms with van der Waals surface area (Å²) in [6, 6.07) is 4.60. The van der Waals surface area contributed by atoms with Crippen molar-refractivity contribution in [1.82, 2.24) is 0 Å². The van der Waals surface area contributed by atoms with Crippen molar-refractivity contribution in [2.45, 2.75) is 5.09 Å². The summed E-state index contributed by atoms with van der Waals surface area (Å²) in [5.41, 5.74) is 0. The van der Waals surface area contributed by atoms with Gasteiger partial charge in [-0.25, -0.2) is 0 Å². The number of hydrogen-bond acceptors (Lipinski definition) is 2. The SMILES string of the molecule is CSc1c[c]co1. The van der Waals surface area contributed by atoms with Crippen LogP contribution in [0, 0.1) is 6.07 Å². The molecule has 0 saturated carbocycles. The van der Waals surface area contributed by atoms with Crippen LogP contribution in [0.2, 0.25) is 0 Å². The lowest BCUT2D eigenvalue weighted by molar-refractivity contribution is 0.475. The van der Waals surface area contributed by atoms with Crippen molar-refractivity contribution in [1.29, 1.82) is 0 Å². The van der Waals surface area contributed by atoms with E-state index in [9.17, 15) is 0 Å². The van der Waals surface area contributed by atoms with Gasteiger partial charge in [-0.3, -0.25) is 0 Å². The zero-order valence-corrected chi connectivity index (χ0v) is 4.79. The molecule has 7 heavy (non-hydrogen) atoms. The normalized spacial score (nSPS) is 9.29. The highest BCUT2D eigenvalue weighted by atomic mass is 32.2. The lowest BCUT2D eigenvalue weighted by Gasteiger charge is -1.79. The van der Waals surface area contributed by atoms with Crippen LogP contribution in [0.3, 0.4) is 0 Å². The van der Waals surface area contributed by atoms with Crippen molar-refractivity contribution in [2.75, 3.05) is 6.26 Å². The van der Waals surface area contributed by atoms with Gasteiger partial charge in [0.05, 0.1) is 6.26 Å². The Bertz CT molecular complexity index is 123. The van der Waals surface area contributed by atoms with Gasteiger partial charge in [-0.15, -0.1) is 0 Å². The largest absolute Gasteiger partial charge is 0.458 e. The molecule has 0 saturated heterocycles. The Labute approximate surface area is 46.7 Å². The first-order chi connectivity index (χ1) is 3.43. The summed E-state index contributed by atoms with van der Waals surface area (Å²) < 4.78 is 4.89. The minimum atomic E-state index is 0.917. The molecule has 1 nitrogen and oxygen atoms in total. The minimum Gasteiger partial charge on any atom is -0.458 e. The summed E-state index contributed by atoms with van der Waals surface area (Å²) in [6.45, 7) is 0. The minimum absolute atomic E-state index is 0.917. The van der Waals surface area contributed by atoms with Crippen molar-refractivity contribution in [3.8, 4) is 0 Å². The van der Waals surface area contributed by atoms with Crippen LogP contribution >= 0.6 is 11.8 Å². The third-order valence-electron chi connectivity index (χ3n) is 0.645. The molecular formula is C5H5OS. The van der Waals surface area contributed by atoms with E-state index < -0.39 is 0 Å². The van der Waals surface area contributed by atoms with Gasteiger partial charge >= 0.3 is 0 Å². The van der Waals surface area contributed by atoms with Crippen LogP contribution in [-0.4, -0.2) is 6.26 Å². The second kappa shape index (κ2) is 2.07. The highest BCUT2D eigenvalue weighted by Gasteiger charge is 1.85. The van der Waals surface area contributed by atoms with E-state index in [1.807, 2.05) is 12.3 Å². The van der Waals surface area contributed by atoms with Gasteiger partial charge in [0.25, 0.3) is 0 Å². The van der Waals surface area contributed by atoms with Crippen molar-refractivity contribution >= 4 is 11.8 Å². The Morgan fingerprint density at radius 3 is 3.00 bits per heavy atom. The fraction of sp³-hybridized carbons (Fsp3) is 0.200. The summed E-state index contributed by atoms with van der Waals surface area (Å²) in [6.07, 6.45) is 3.51. The fourth-order valence-corrected chi connectivity index (χ4v) is 0.665. The van der Waals surface area contributed by atoms with Gasteiger partial charge in [0, 0.05) is 6.07 Å². The van der Waals surface area contributed by atoms with E-state index in [1.165, 1.54) is 0 Å². The van der Waals surface area contributed by atoms with Gasteiger partial charge in [0.2, 0.25) is 0 Å². The molecule has 0 N–H and O–H groups in total. The number of hydrogen-bond donors (Lipinski definition) is 0. The number of rotatable bonds is 1. The zero-order chi connectivity index (χ0) is 5.11. The van der Waals surface area contributed by atoms with Gasteiger partial charge < -0.3 is 4.42 Å². The predicted octanol–water partition coefficient (Wildman–Crippen LogP) is 1.80. The van der Waals surface area contributed by atoms with Crippen LogP contribution < -0.4 is 0 Å². The Hall–Kier alpha value is -0.370. The standard InChI is InChI=1S/C5H5OS/c1-7-5-3-2-4-6-5/h3-4H,1H3. The maximum atomic E-state index is 4.89. The van der Waals surface area contributed by atoms with Crippen molar-refractivity contribution in [2.24, 2.45) is 0 Å². The summed E-state index contributed by atoms with van der Waals surface area (Å²) in [5.74, 6) is 0. The molecule has 0 spiro atoms. The fourth-order valence-electron chi connectivity index (χ4n) is 0.335. The molecule has 0 unspecified atom stereocenters. The zero-order valence-electron chi connectivity index (χ0n) is 3.97. The van der Waals surface area contributed by atoms with E-state index in [0.29, 0.717) is 0 Å². The average Bonchev–Trinajstić information content (AvgIpc) is 2.14. The summed E-state index contributed by atoms with van der Waals surface area (Å²) in [5, 5.41) is 0.917. The quantitative estimate of drug-likeness (QED) is 0.515.